The van der Waals surface area contributed by atoms with E-state index in [0.717, 1.165) is 13.0 Å². The van der Waals surface area contributed by atoms with Crippen LogP contribution in [0.15, 0.2) is 0 Å². The summed E-state index contributed by atoms with van der Waals surface area (Å²) in [6, 6.07) is -0.160. The highest BCUT2D eigenvalue weighted by Crippen LogP contribution is 2.20. The first-order valence-corrected chi connectivity index (χ1v) is 7.21. The molecule has 0 rings (SSSR count). The van der Waals surface area contributed by atoms with Gasteiger partial charge in [-0.1, -0.05) is 13.8 Å². The van der Waals surface area contributed by atoms with E-state index in [1.54, 1.807) is 0 Å². The summed E-state index contributed by atoms with van der Waals surface area (Å²) in [6.07, 6.45) is 1.67. The van der Waals surface area contributed by atoms with Crippen molar-refractivity contribution >= 4 is 12.0 Å². The number of hydrogen-bond donors (Lipinski definition) is 3. The SMILES string of the molecule is CC(C)C(CCNC(=O)NCCN(C)C)CCC(=O)O. The minimum atomic E-state index is -0.759. The van der Waals surface area contributed by atoms with E-state index >= 15 is 0 Å². The molecule has 0 radical (unpaired) electrons. The van der Waals surface area contributed by atoms with E-state index in [1.165, 1.54) is 0 Å². The average molecular weight is 287 g/mol. The fraction of sp³-hybridized carbons (Fsp3) is 0.857. The normalized spacial score (nSPS) is 12.5. The molecular formula is C14H29N3O3. The van der Waals surface area contributed by atoms with Crippen LogP contribution in [0.2, 0.25) is 0 Å². The predicted octanol–water partition coefficient (Wildman–Crippen LogP) is 1.37. The van der Waals surface area contributed by atoms with Crippen molar-refractivity contribution in [1.29, 1.82) is 0 Å². The van der Waals surface area contributed by atoms with Crippen molar-refractivity contribution in [2.24, 2.45) is 11.8 Å². The van der Waals surface area contributed by atoms with Crippen LogP contribution in [0.1, 0.15) is 33.1 Å². The number of amides is 2. The Kier molecular flexibility index (Phi) is 9.80. The molecule has 0 aromatic carbocycles. The quantitative estimate of drug-likeness (QED) is 0.567. The number of carbonyl (C=O) groups is 2. The molecule has 1 atom stereocenters. The molecule has 0 aromatic rings. The Hall–Kier alpha value is -1.30. The summed E-state index contributed by atoms with van der Waals surface area (Å²) in [7, 11) is 3.91. The minimum absolute atomic E-state index is 0.160. The topological polar surface area (TPSA) is 81.7 Å². The van der Waals surface area contributed by atoms with Gasteiger partial charge in [0.15, 0.2) is 0 Å². The van der Waals surface area contributed by atoms with Gasteiger partial charge in [0.05, 0.1) is 0 Å². The number of urea groups is 1. The maximum atomic E-state index is 11.5. The third-order valence-electron chi connectivity index (χ3n) is 3.32. The summed E-state index contributed by atoms with van der Waals surface area (Å²) < 4.78 is 0. The summed E-state index contributed by atoms with van der Waals surface area (Å²) >= 11 is 0. The zero-order valence-electron chi connectivity index (χ0n) is 13.1. The van der Waals surface area contributed by atoms with Crippen LogP contribution in [0.4, 0.5) is 4.79 Å². The van der Waals surface area contributed by atoms with Gasteiger partial charge in [0.25, 0.3) is 0 Å². The number of carboxylic acids is 1. The molecule has 6 heteroatoms. The zero-order valence-corrected chi connectivity index (χ0v) is 13.1. The van der Waals surface area contributed by atoms with E-state index < -0.39 is 5.97 Å². The maximum absolute atomic E-state index is 11.5. The summed E-state index contributed by atoms with van der Waals surface area (Å²) in [5, 5.41) is 14.3. The first-order valence-electron chi connectivity index (χ1n) is 7.21. The lowest BCUT2D eigenvalue weighted by Gasteiger charge is -2.20. The Morgan fingerprint density at radius 3 is 2.20 bits per heavy atom. The van der Waals surface area contributed by atoms with Gasteiger partial charge >= 0.3 is 12.0 Å². The second-order valence-electron chi connectivity index (χ2n) is 5.71. The standard InChI is InChI=1S/C14H29N3O3/c1-11(2)12(5-6-13(18)19)7-8-15-14(20)16-9-10-17(3)4/h11-12H,5-10H2,1-4H3,(H,18,19)(H2,15,16,20). The highest BCUT2D eigenvalue weighted by molar-refractivity contribution is 5.73. The van der Waals surface area contributed by atoms with E-state index in [4.69, 9.17) is 5.11 Å². The number of hydrogen-bond acceptors (Lipinski definition) is 3. The maximum Gasteiger partial charge on any atom is 0.314 e. The Balaban J connectivity index is 3.81. The molecule has 6 nitrogen and oxygen atoms in total. The molecule has 1 unspecified atom stereocenters. The van der Waals surface area contributed by atoms with Crippen molar-refractivity contribution in [3.8, 4) is 0 Å². The van der Waals surface area contributed by atoms with Crippen LogP contribution < -0.4 is 10.6 Å². The molecule has 118 valence electrons. The number of carbonyl (C=O) groups excluding carboxylic acids is 1. The summed E-state index contributed by atoms with van der Waals surface area (Å²) in [6.45, 7) is 6.18. The molecular weight excluding hydrogens is 258 g/mol. The fourth-order valence-corrected chi connectivity index (χ4v) is 1.95. The molecule has 20 heavy (non-hydrogen) atoms. The highest BCUT2D eigenvalue weighted by Gasteiger charge is 2.15. The first kappa shape index (κ1) is 18.7. The molecule has 3 N–H and O–H groups in total. The lowest BCUT2D eigenvalue weighted by atomic mass is 9.88. The highest BCUT2D eigenvalue weighted by atomic mass is 16.4. The predicted molar refractivity (Wildman–Crippen MR) is 79.8 cm³/mol. The Labute approximate surface area is 121 Å². The lowest BCUT2D eigenvalue weighted by Crippen LogP contribution is -2.39. The number of nitrogens with one attached hydrogen (secondary N) is 2. The van der Waals surface area contributed by atoms with Gasteiger partial charge in [-0.25, -0.2) is 4.79 Å². The summed E-state index contributed by atoms with van der Waals surface area (Å²) in [4.78, 5) is 24.1. The molecule has 0 heterocycles. The molecule has 0 aliphatic carbocycles. The molecule has 0 bridgehead atoms. The first-order chi connectivity index (χ1) is 9.32. The average Bonchev–Trinajstić information content (AvgIpc) is 2.32. The Bertz CT molecular complexity index is 293. The lowest BCUT2D eigenvalue weighted by molar-refractivity contribution is -0.137. The van der Waals surface area contributed by atoms with Gasteiger partial charge in [0.2, 0.25) is 0 Å². The second-order valence-corrected chi connectivity index (χ2v) is 5.71. The monoisotopic (exact) mass is 287 g/mol. The summed E-state index contributed by atoms with van der Waals surface area (Å²) in [5.74, 6) is -0.00818. The van der Waals surface area contributed by atoms with E-state index in [0.29, 0.717) is 31.3 Å². The largest absolute Gasteiger partial charge is 0.481 e. The Morgan fingerprint density at radius 1 is 1.10 bits per heavy atom. The smallest absolute Gasteiger partial charge is 0.314 e. The van der Waals surface area contributed by atoms with Gasteiger partial charge in [-0.05, 0) is 38.8 Å². The van der Waals surface area contributed by atoms with Gasteiger partial charge in [0.1, 0.15) is 0 Å². The molecule has 0 saturated carbocycles. The van der Waals surface area contributed by atoms with Crippen molar-refractivity contribution in [3.63, 3.8) is 0 Å². The van der Waals surface area contributed by atoms with Crippen LogP contribution in [0, 0.1) is 11.8 Å². The van der Waals surface area contributed by atoms with E-state index in [2.05, 4.69) is 24.5 Å². The van der Waals surface area contributed by atoms with Gasteiger partial charge in [0, 0.05) is 26.1 Å². The summed E-state index contributed by atoms with van der Waals surface area (Å²) in [5.41, 5.74) is 0. The molecule has 0 aliphatic heterocycles. The third-order valence-corrected chi connectivity index (χ3v) is 3.32. The van der Waals surface area contributed by atoms with Crippen LogP contribution in [0.3, 0.4) is 0 Å². The second kappa shape index (κ2) is 10.5. The third kappa shape index (κ3) is 10.6. The number of nitrogens with zero attached hydrogens (tertiary/aromatic N) is 1. The van der Waals surface area contributed by atoms with Gasteiger partial charge in [-0.15, -0.1) is 0 Å². The van der Waals surface area contributed by atoms with Crippen LogP contribution in [-0.2, 0) is 4.79 Å². The van der Waals surface area contributed by atoms with Gasteiger partial charge in [-0.3, -0.25) is 4.79 Å². The number of rotatable bonds is 10. The molecule has 0 spiro atoms. The van der Waals surface area contributed by atoms with Gasteiger partial charge < -0.3 is 20.6 Å². The van der Waals surface area contributed by atoms with Crippen LogP contribution in [0.5, 0.6) is 0 Å². The minimum Gasteiger partial charge on any atom is -0.481 e. The number of aliphatic carboxylic acids is 1. The van der Waals surface area contributed by atoms with Crippen LogP contribution >= 0.6 is 0 Å². The van der Waals surface area contributed by atoms with E-state index in [-0.39, 0.29) is 12.5 Å². The van der Waals surface area contributed by atoms with E-state index in [1.807, 2.05) is 19.0 Å². The molecule has 0 saturated heterocycles. The molecule has 0 aliphatic rings. The van der Waals surface area contributed by atoms with Crippen molar-refractivity contribution in [3.05, 3.63) is 0 Å². The molecule has 2 amide bonds. The van der Waals surface area contributed by atoms with Crippen LogP contribution in [-0.4, -0.2) is 55.7 Å². The molecule has 0 fully saturated rings. The molecule has 0 aromatic heterocycles. The van der Waals surface area contributed by atoms with Crippen molar-refractivity contribution in [2.45, 2.75) is 33.1 Å². The van der Waals surface area contributed by atoms with Crippen molar-refractivity contribution in [1.82, 2.24) is 15.5 Å². The Morgan fingerprint density at radius 2 is 1.70 bits per heavy atom. The van der Waals surface area contributed by atoms with Crippen LogP contribution in [0.25, 0.3) is 0 Å². The number of likely N-dealkylation sites (N-methyl/N-ethyl adjacent to an activating group) is 1. The van der Waals surface area contributed by atoms with Crippen molar-refractivity contribution in [2.75, 3.05) is 33.7 Å². The van der Waals surface area contributed by atoms with Crippen molar-refractivity contribution < 1.29 is 14.7 Å². The van der Waals surface area contributed by atoms with E-state index in [9.17, 15) is 9.59 Å². The number of carboxylic acid groups (broad SMARTS) is 1. The van der Waals surface area contributed by atoms with Gasteiger partial charge in [-0.2, -0.15) is 0 Å². The zero-order chi connectivity index (χ0) is 15.5. The fourth-order valence-electron chi connectivity index (χ4n) is 1.95.